The summed E-state index contributed by atoms with van der Waals surface area (Å²) in [6.07, 6.45) is 13.6. The summed E-state index contributed by atoms with van der Waals surface area (Å²) in [6.45, 7) is 7.12. The molecule has 2 unspecified atom stereocenters. The van der Waals surface area contributed by atoms with Crippen molar-refractivity contribution in [1.29, 1.82) is 0 Å². The van der Waals surface area contributed by atoms with Crippen LogP contribution in [0, 0.1) is 35.5 Å². The quantitative estimate of drug-likeness (QED) is 0.784. The highest BCUT2D eigenvalue weighted by Crippen LogP contribution is 2.64. The molecule has 0 aromatic carbocycles. The van der Waals surface area contributed by atoms with Crippen molar-refractivity contribution in [3.05, 3.63) is 36.0 Å². The normalized spacial score (nSPS) is 43.5. The van der Waals surface area contributed by atoms with Crippen LogP contribution in [0.2, 0.25) is 0 Å². The number of nitrogens with one attached hydrogen (secondary N) is 1. The first-order valence-electron chi connectivity index (χ1n) is 11.5. The molecule has 4 heteroatoms. The zero-order valence-electron chi connectivity index (χ0n) is 18.3. The van der Waals surface area contributed by atoms with Gasteiger partial charge in [-0.15, -0.1) is 0 Å². The molecule has 4 aliphatic rings. The number of carbonyl (C=O) groups excluding carboxylic acids is 1. The standard InChI is InChI=1S/C25H35N3O/c1-16-6-5-15-26-23(16)27-20-9-8-18-17-7-10-21-25(3,14-12-22(29)28(21)4)19(17)11-13-24(18,20)2/h5-6,12,14-15,17-21H,7-11,13H2,1-4H3,(H,26,27)/t17-,18-,19+,20?,21?,24-,25+/m0/s1. The second-order valence-electron chi connectivity index (χ2n) is 10.6. The molecule has 29 heavy (non-hydrogen) atoms. The van der Waals surface area contributed by atoms with E-state index in [-0.39, 0.29) is 11.3 Å². The lowest BCUT2D eigenvalue weighted by Crippen LogP contribution is -2.60. The number of rotatable bonds is 2. The van der Waals surface area contributed by atoms with Crippen LogP contribution in [0.15, 0.2) is 30.5 Å². The number of aromatic nitrogens is 1. The van der Waals surface area contributed by atoms with Crippen LogP contribution in [-0.4, -0.2) is 34.9 Å². The van der Waals surface area contributed by atoms with Gasteiger partial charge < -0.3 is 10.2 Å². The first-order valence-corrected chi connectivity index (χ1v) is 11.5. The van der Waals surface area contributed by atoms with Crippen molar-refractivity contribution in [1.82, 2.24) is 9.88 Å². The van der Waals surface area contributed by atoms with E-state index in [0.29, 0.717) is 23.4 Å². The lowest BCUT2D eigenvalue weighted by Gasteiger charge is -2.60. The molecule has 5 rings (SSSR count). The van der Waals surface area contributed by atoms with E-state index in [4.69, 9.17) is 0 Å². The fraction of sp³-hybridized carbons (Fsp3) is 0.680. The minimum atomic E-state index is 0.135. The Morgan fingerprint density at radius 2 is 1.97 bits per heavy atom. The Hall–Kier alpha value is -1.84. The second kappa shape index (κ2) is 6.58. The van der Waals surface area contributed by atoms with Crippen LogP contribution >= 0.6 is 0 Å². The van der Waals surface area contributed by atoms with Gasteiger partial charge in [-0.1, -0.05) is 26.0 Å². The van der Waals surface area contributed by atoms with Crippen molar-refractivity contribution in [2.75, 3.05) is 12.4 Å². The monoisotopic (exact) mass is 393 g/mol. The first kappa shape index (κ1) is 19.1. The molecule has 2 heterocycles. The first-order chi connectivity index (χ1) is 13.8. The Morgan fingerprint density at radius 1 is 1.14 bits per heavy atom. The number of likely N-dealkylation sites (N-methyl/N-ethyl adjacent to an activating group) is 1. The summed E-state index contributed by atoms with van der Waals surface area (Å²) in [5.74, 6) is 3.49. The molecule has 3 fully saturated rings. The van der Waals surface area contributed by atoms with Gasteiger partial charge in [0.2, 0.25) is 5.91 Å². The Labute approximate surface area is 175 Å². The number of hydrogen-bond acceptors (Lipinski definition) is 3. The minimum Gasteiger partial charge on any atom is -0.367 e. The molecule has 1 amide bonds. The van der Waals surface area contributed by atoms with Crippen molar-refractivity contribution in [3.63, 3.8) is 0 Å². The van der Waals surface area contributed by atoms with Crippen LogP contribution in [0.4, 0.5) is 5.82 Å². The van der Waals surface area contributed by atoms with E-state index in [1.54, 1.807) is 0 Å². The van der Waals surface area contributed by atoms with Crippen LogP contribution in [0.25, 0.3) is 0 Å². The average molecular weight is 394 g/mol. The van der Waals surface area contributed by atoms with E-state index >= 15 is 0 Å². The van der Waals surface area contributed by atoms with E-state index < -0.39 is 0 Å². The lowest BCUT2D eigenvalue weighted by atomic mass is 9.48. The van der Waals surface area contributed by atoms with Gasteiger partial charge in [0.15, 0.2) is 0 Å². The summed E-state index contributed by atoms with van der Waals surface area (Å²) in [7, 11) is 2.01. The Bertz CT molecular complexity index is 850. The van der Waals surface area contributed by atoms with Crippen LogP contribution in [0.3, 0.4) is 0 Å². The number of pyridine rings is 1. The molecule has 0 radical (unpaired) electrons. The maximum Gasteiger partial charge on any atom is 0.246 e. The number of fused-ring (bicyclic) bond motifs is 5. The fourth-order valence-electron chi connectivity index (χ4n) is 7.78. The van der Waals surface area contributed by atoms with Crippen molar-refractivity contribution in [3.8, 4) is 0 Å². The van der Waals surface area contributed by atoms with Crippen molar-refractivity contribution >= 4 is 11.7 Å². The van der Waals surface area contributed by atoms with Crippen LogP contribution in [0.1, 0.15) is 57.9 Å². The van der Waals surface area contributed by atoms with Gasteiger partial charge in [0.1, 0.15) is 5.82 Å². The number of hydrogen-bond donors (Lipinski definition) is 1. The maximum atomic E-state index is 12.3. The predicted molar refractivity (Wildman–Crippen MR) is 116 cm³/mol. The largest absolute Gasteiger partial charge is 0.367 e. The highest BCUT2D eigenvalue weighted by molar-refractivity contribution is 5.89. The fourth-order valence-corrected chi connectivity index (χ4v) is 7.78. The molecule has 1 aromatic rings. The van der Waals surface area contributed by atoms with Gasteiger partial charge in [-0.2, -0.15) is 0 Å². The molecule has 4 nitrogen and oxygen atoms in total. The summed E-state index contributed by atoms with van der Waals surface area (Å²) < 4.78 is 0. The van der Waals surface area contributed by atoms with Crippen LogP contribution in [-0.2, 0) is 4.79 Å². The van der Waals surface area contributed by atoms with Gasteiger partial charge in [0.05, 0.1) is 0 Å². The third-order valence-electron chi connectivity index (χ3n) is 9.45. The van der Waals surface area contributed by atoms with Gasteiger partial charge >= 0.3 is 0 Å². The summed E-state index contributed by atoms with van der Waals surface area (Å²) >= 11 is 0. The molecule has 7 atom stereocenters. The topological polar surface area (TPSA) is 45.2 Å². The molecule has 156 valence electrons. The van der Waals surface area contributed by atoms with Crippen molar-refractivity contribution < 1.29 is 4.79 Å². The van der Waals surface area contributed by atoms with Crippen molar-refractivity contribution in [2.45, 2.75) is 71.4 Å². The number of aryl methyl sites for hydroxylation is 1. The van der Waals surface area contributed by atoms with Gasteiger partial charge in [-0.3, -0.25) is 4.79 Å². The van der Waals surface area contributed by atoms with Crippen molar-refractivity contribution in [2.24, 2.45) is 28.6 Å². The van der Waals surface area contributed by atoms with Crippen LogP contribution in [0.5, 0.6) is 0 Å². The van der Waals surface area contributed by atoms with E-state index in [1.165, 1.54) is 37.7 Å². The molecular weight excluding hydrogens is 358 g/mol. The molecule has 1 N–H and O–H groups in total. The number of nitrogens with zero attached hydrogens (tertiary/aromatic N) is 2. The molecule has 0 spiro atoms. The van der Waals surface area contributed by atoms with E-state index in [9.17, 15) is 4.79 Å². The summed E-state index contributed by atoms with van der Waals surface area (Å²) in [5.41, 5.74) is 1.71. The van der Waals surface area contributed by atoms with Gasteiger partial charge in [0.25, 0.3) is 0 Å². The summed E-state index contributed by atoms with van der Waals surface area (Å²) in [5, 5.41) is 3.85. The second-order valence-corrected chi connectivity index (χ2v) is 10.6. The smallest absolute Gasteiger partial charge is 0.246 e. The number of anilines is 1. The molecule has 0 saturated heterocycles. The Balaban J connectivity index is 1.41. The highest BCUT2D eigenvalue weighted by Gasteiger charge is 2.60. The molecule has 3 aliphatic carbocycles. The maximum absolute atomic E-state index is 12.3. The lowest BCUT2D eigenvalue weighted by molar-refractivity contribution is -0.138. The van der Waals surface area contributed by atoms with Gasteiger partial charge in [-0.25, -0.2) is 4.98 Å². The number of carbonyl (C=O) groups is 1. The third-order valence-corrected chi connectivity index (χ3v) is 9.45. The Kier molecular flexibility index (Phi) is 4.34. The summed E-state index contributed by atoms with van der Waals surface area (Å²) in [6, 6.07) is 5.05. The van der Waals surface area contributed by atoms with E-state index in [1.807, 2.05) is 30.3 Å². The molecule has 1 aromatic heterocycles. The van der Waals surface area contributed by atoms with Crippen LogP contribution < -0.4 is 5.32 Å². The van der Waals surface area contributed by atoms with E-state index in [0.717, 1.165) is 24.1 Å². The molecule has 1 aliphatic heterocycles. The van der Waals surface area contributed by atoms with Gasteiger partial charge in [0, 0.05) is 30.7 Å². The van der Waals surface area contributed by atoms with Gasteiger partial charge in [-0.05, 0) is 86.3 Å². The summed E-state index contributed by atoms with van der Waals surface area (Å²) in [4.78, 5) is 18.9. The Morgan fingerprint density at radius 3 is 2.76 bits per heavy atom. The zero-order chi connectivity index (χ0) is 20.4. The molecule has 0 bridgehead atoms. The van der Waals surface area contributed by atoms with E-state index in [2.05, 4.69) is 43.2 Å². The third kappa shape index (κ3) is 2.70. The molecular formula is C25H35N3O. The predicted octanol–water partition coefficient (Wildman–Crippen LogP) is 4.81. The number of amides is 1. The zero-order valence-corrected chi connectivity index (χ0v) is 18.3. The molecule has 3 saturated carbocycles. The average Bonchev–Trinajstić information content (AvgIpc) is 3.03. The highest BCUT2D eigenvalue weighted by atomic mass is 16.2. The minimum absolute atomic E-state index is 0.135. The SMILES string of the molecule is Cc1cccnc1NC1CC[C@H]2[C@@H]3CCC4N(C)C(=O)C=C[C@]4(C)[C@@H]3CC[C@]12C.